The molecular weight excluding hydrogens is 306 g/mol. The standard InChI is InChI=1S/C20H22ClNO/c21-18-8-6-17(7-9-18)20(23,16-4-2-1-3-5-16)19-14-22-12-10-15(19)11-13-22/h1-9,15,19,23H,10-14H2/p+1. The monoisotopic (exact) mass is 328 g/mol. The van der Waals surface area contributed by atoms with Gasteiger partial charge < -0.3 is 10.0 Å². The van der Waals surface area contributed by atoms with E-state index in [2.05, 4.69) is 12.1 Å². The first kappa shape index (κ1) is 15.2. The molecular formula is C20H23ClNO+. The summed E-state index contributed by atoms with van der Waals surface area (Å²) >= 11 is 6.07. The van der Waals surface area contributed by atoms with Crippen LogP contribution in [0.1, 0.15) is 24.0 Å². The second-order valence-corrected chi connectivity index (χ2v) is 7.47. The minimum atomic E-state index is -0.928. The third-order valence-electron chi connectivity index (χ3n) is 5.85. The highest BCUT2D eigenvalue weighted by Crippen LogP contribution is 2.43. The van der Waals surface area contributed by atoms with Crippen molar-refractivity contribution in [1.82, 2.24) is 0 Å². The fourth-order valence-corrected chi connectivity index (χ4v) is 4.74. The van der Waals surface area contributed by atoms with Crippen LogP contribution in [0, 0.1) is 11.8 Å². The molecule has 3 fully saturated rings. The molecule has 3 saturated heterocycles. The summed E-state index contributed by atoms with van der Waals surface area (Å²) in [7, 11) is 0. The molecule has 2 aromatic rings. The second-order valence-electron chi connectivity index (χ2n) is 7.04. The molecule has 0 radical (unpaired) electrons. The van der Waals surface area contributed by atoms with Crippen LogP contribution < -0.4 is 4.90 Å². The van der Waals surface area contributed by atoms with E-state index in [0.29, 0.717) is 10.9 Å². The number of piperidine rings is 3. The third-order valence-corrected chi connectivity index (χ3v) is 6.10. The van der Waals surface area contributed by atoms with E-state index in [1.54, 1.807) is 4.90 Å². The highest BCUT2D eigenvalue weighted by atomic mass is 35.5. The highest BCUT2D eigenvalue weighted by molar-refractivity contribution is 6.30. The van der Waals surface area contributed by atoms with Gasteiger partial charge in [0.1, 0.15) is 5.60 Å². The lowest BCUT2D eigenvalue weighted by atomic mass is 9.65. The zero-order valence-electron chi connectivity index (χ0n) is 13.2. The predicted octanol–water partition coefficient (Wildman–Crippen LogP) is 2.50. The minimum Gasteiger partial charge on any atom is -0.380 e. The molecule has 2 atom stereocenters. The topological polar surface area (TPSA) is 24.7 Å². The summed E-state index contributed by atoms with van der Waals surface area (Å²) in [5.41, 5.74) is 1.04. The van der Waals surface area contributed by atoms with E-state index in [0.717, 1.165) is 17.7 Å². The maximum atomic E-state index is 11.9. The first-order chi connectivity index (χ1) is 11.2. The molecule has 2 nitrogen and oxygen atoms in total. The van der Waals surface area contributed by atoms with Gasteiger partial charge in [0, 0.05) is 23.8 Å². The molecule has 0 saturated carbocycles. The van der Waals surface area contributed by atoms with Gasteiger partial charge in [-0.3, -0.25) is 0 Å². The molecule has 5 rings (SSSR count). The largest absolute Gasteiger partial charge is 0.380 e. The maximum Gasteiger partial charge on any atom is 0.123 e. The fourth-order valence-electron chi connectivity index (χ4n) is 4.61. The van der Waals surface area contributed by atoms with Crippen LogP contribution in [0.2, 0.25) is 5.02 Å². The van der Waals surface area contributed by atoms with E-state index in [-0.39, 0.29) is 5.92 Å². The molecule has 120 valence electrons. The van der Waals surface area contributed by atoms with Crippen molar-refractivity contribution in [3.8, 4) is 0 Å². The summed E-state index contributed by atoms with van der Waals surface area (Å²) in [5.74, 6) is 0.872. The summed E-state index contributed by atoms with van der Waals surface area (Å²) in [6, 6.07) is 17.9. The van der Waals surface area contributed by atoms with Crippen LogP contribution in [-0.4, -0.2) is 24.7 Å². The Morgan fingerprint density at radius 1 is 0.913 bits per heavy atom. The van der Waals surface area contributed by atoms with Crippen molar-refractivity contribution in [1.29, 1.82) is 0 Å². The normalized spacial score (nSPS) is 29.2. The summed E-state index contributed by atoms with van der Waals surface area (Å²) < 4.78 is 0. The summed E-state index contributed by atoms with van der Waals surface area (Å²) in [5, 5.41) is 12.6. The highest BCUT2D eigenvalue weighted by Gasteiger charge is 2.50. The van der Waals surface area contributed by atoms with Crippen LogP contribution in [-0.2, 0) is 5.60 Å². The van der Waals surface area contributed by atoms with Gasteiger partial charge in [-0.05, 0) is 29.2 Å². The molecule has 2 aromatic carbocycles. The number of nitrogens with one attached hydrogen (secondary N) is 1. The SMILES string of the molecule is OC(c1ccccc1)(c1ccc(Cl)cc1)C1C[NH+]2CCC1CC2. The Bertz CT molecular complexity index is 664. The van der Waals surface area contributed by atoms with Gasteiger partial charge >= 0.3 is 0 Å². The van der Waals surface area contributed by atoms with Crippen molar-refractivity contribution in [3.63, 3.8) is 0 Å². The summed E-state index contributed by atoms with van der Waals surface area (Å²) in [4.78, 5) is 1.64. The number of fused-ring (bicyclic) bond motifs is 3. The van der Waals surface area contributed by atoms with E-state index in [4.69, 9.17) is 11.6 Å². The molecule has 2 bridgehead atoms. The Balaban J connectivity index is 1.82. The lowest BCUT2D eigenvalue weighted by Gasteiger charge is -2.49. The number of hydrogen-bond acceptors (Lipinski definition) is 1. The molecule has 3 heteroatoms. The van der Waals surface area contributed by atoms with Crippen molar-refractivity contribution >= 4 is 11.6 Å². The van der Waals surface area contributed by atoms with Crippen LogP contribution in [0.3, 0.4) is 0 Å². The number of benzene rings is 2. The number of hydrogen-bond donors (Lipinski definition) is 2. The first-order valence-corrected chi connectivity index (χ1v) is 8.93. The fraction of sp³-hybridized carbons (Fsp3) is 0.400. The predicted molar refractivity (Wildman–Crippen MR) is 92.7 cm³/mol. The molecule has 3 heterocycles. The molecule has 0 aromatic heterocycles. The third kappa shape index (κ3) is 2.59. The van der Waals surface area contributed by atoms with Crippen LogP contribution in [0.5, 0.6) is 0 Å². The molecule has 2 unspecified atom stereocenters. The Labute approximate surface area is 142 Å². The number of halogens is 1. The Hall–Kier alpha value is -1.35. The smallest absolute Gasteiger partial charge is 0.123 e. The van der Waals surface area contributed by atoms with E-state index in [1.807, 2.05) is 42.5 Å². The zero-order chi connectivity index (χ0) is 15.9. The maximum absolute atomic E-state index is 11.9. The van der Waals surface area contributed by atoms with E-state index in [9.17, 15) is 5.11 Å². The van der Waals surface area contributed by atoms with Gasteiger partial charge in [0.05, 0.1) is 19.6 Å². The molecule has 2 N–H and O–H groups in total. The second kappa shape index (κ2) is 5.94. The van der Waals surface area contributed by atoms with Gasteiger partial charge in [0.15, 0.2) is 0 Å². The Morgan fingerprint density at radius 2 is 1.52 bits per heavy atom. The molecule has 3 aliphatic rings. The first-order valence-electron chi connectivity index (χ1n) is 8.55. The van der Waals surface area contributed by atoms with E-state index >= 15 is 0 Å². The zero-order valence-corrected chi connectivity index (χ0v) is 14.0. The molecule has 23 heavy (non-hydrogen) atoms. The van der Waals surface area contributed by atoms with Crippen molar-refractivity contribution in [3.05, 3.63) is 70.7 Å². The Morgan fingerprint density at radius 3 is 2.09 bits per heavy atom. The van der Waals surface area contributed by atoms with E-state index < -0.39 is 5.60 Å². The van der Waals surface area contributed by atoms with Gasteiger partial charge in [-0.1, -0.05) is 54.1 Å². The summed E-state index contributed by atoms with van der Waals surface area (Å²) in [6.07, 6.45) is 2.45. The van der Waals surface area contributed by atoms with Crippen LogP contribution >= 0.6 is 11.6 Å². The van der Waals surface area contributed by atoms with E-state index in [1.165, 1.54) is 25.9 Å². The van der Waals surface area contributed by atoms with Crippen LogP contribution in [0.4, 0.5) is 0 Å². The average Bonchev–Trinajstić information content (AvgIpc) is 2.63. The lowest BCUT2D eigenvalue weighted by molar-refractivity contribution is -0.922. The van der Waals surface area contributed by atoms with Crippen molar-refractivity contribution in [2.24, 2.45) is 11.8 Å². The molecule has 0 aliphatic carbocycles. The number of aliphatic hydroxyl groups is 1. The van der Waals surface area contributed by atoms with Crippen molar-refractivity contribution < 1.29 is 10.0 Å². The Kier molecular flexibility index (Phi) is 3.92. The minimum absolute atomic E-state index is 0.267. The van der Waals surface area contributed by atoms with Crippen molar-refractivity contribution in [2.75, 3.05) is 19.6 Å². The van der Waals surface area contributed by atoms with Gasteiger partial charge in [0.25, 0.3) is 0 Å². The summed E-state index contributed by atoms with van der Waals surface area (Å²) in [6.45, 7) is 3.57. The lowest BCUT2D eigenvalue weighted by Crippen LogP contribution is -3.16. The van der Waals surface area contributed by atoms with Crippen LogP contribution in [0.15, 0.2) is 54.6 Å². The van der Waals surface area contributed by atoms with Gasteiger partial charge in [-0.2, -0.15) is 0 Å². The van der Waals surface area contributed by atoms with Crippen molar-refractivity contribution in [2.45, 2.75) is 18.4 Å². The number of quaternary nitrogens is 1. The van der Waals surface area contributed by atoms with Gasteiger partial charge in [-0.25, -0.2) is 0 Å². The quantitative estimate of drug-likeness (QED) is 0.889. The number of rotatable bonds is 3. The van der Waals surface area contributed by atoms with Crippen LogP contribution in [0.25, 0.3) is 0 Å². The van der Waals surface area contributed by atoms with Gasteiger partial charge in [-0.15, -0.1) is 0 Å². The molecule has 3 aliphatic heterocycles. The molecule has 0 amide bonds. The molecule has 0 spiro atoms. The van der Waals surface area contributed by atoms with Gasteiger partial charge in [0.2, 0.25) is 0 Å². The average molecular weight is 329 g/mol.